The van der Waals surface area contributed by atoms with Crippen LogP contribution < -0.4 is 4.90 Å². The van der Waals surface area contributed by atoms with Gasteiger partial charge in [-0.25, -0.2) is 0 Å². The van der Waals surface area contributed by atoms with E-state index < -0.39 is 0 Å². The van der Waals surface area contributed by atoms with Crippen molar-refractivity contribution in [1.82, 2.24) is 4.90 Å². The quantitative estimate of drug-likeness (QED) is 0.595. The van der Waals surface area contributed by atoms with E-state index >= 15 is 0 Å². The number of fused-ring (bicyclic) bond motifs is 1. The van der Waals surface area contributed by atoms with Gasteiger partial charge in [0, 0.05) is 18.7 Å². The van der Waals surface area contributed by atoms with Crippen LogP contribution >= 0.6 is 0 Å². The van der Waals surface area contributed by atoms with Crippen LogP contribution in [0.3, 0.4) is 0 Å². The molecule has 0 saturated carbocycles. The summed E-state index contributed by atoms with van der Waals surface area (Å²) in [6.07, 6.45) is 5.38. The van der Waals surface area contributed by atoms with E-state index in [1.807, 2.05) is 11.8 Å². The summed E-state index contributed by atoms with van der Waals surface area (Å²) in [5, 5.41) is 0. The second kappa shape index (κ2) is 6.95. The molecule has 0 bridgehead atoms. The number of carbonyl (C=O) groups excluding carboxylic acids is 3. The normalized spacial score (nSPS) is 26.2. The lowest BCUT2D eigenvalue weighted by Crippen LogP contribution is -2.38. The molecule has 0 radical (unpaired) electrons. The molecule has 1 aromatic carbocycles. The number of benzene rings is 1. The molecule has 2 saturated heterocycles. The molecule has 27 heavy (non-hydrogen) atoms. The molecule has 1 aliphatic carbocycles. The minimum absolute atomic E-state index is 0.0160. The number of piperidine rings is 1. The van der Waals surface area contributed by atoms with E-state index in [-0.39, 0.29) is 29.6 Å². The van der Waals surface area contributed by atoms with Crippen molar-refractivity contribution < 1.29 is 14.4 Å². The Bertz CT molecular complexity index is 821. The molecule has 1 aromatic rings. The first-order valence-corrected chi connectivity index (χ1v) is 9.88. The third-order valence-corrected chi connectivity index (χ3v) is 6.25. The van der Waals surface area contributed by atoms with Crippen LogP contribution in [-0.2, 0) is 9.59 Å². The van der Waals surface area contributed by atoms with Gasteiger partial charge in [-0.05, 0) is 56.7 Å². The lowest BCUT2D eigenvalue weighted by Gasteiger charge is -2.30. The Labute approximate surface area is 160 Å². The summed E-state index contributed by atoms with van der Waals surface area (Å²) in [7, 11) is 0. The van der Waals surface area contributed by atoms with Gasteiger partial charge in [0.2, 0.25) is 11.8 Å². The summed E-state index contributed by atoms with van der Waals surface area (Å²) in [5.41, 5.74) is 2.24. The van der Waals surface area contributed by atoms with Gasteiger partial charge in [-0.15, -0.1) is 0 Å². The van der Waals surface area contributed by atoms with Crippen molar-refractivity contribution in [1.29, 1.82) is 0 Å². The van der Waals surface area contributed by atoms with E-state index in [0.29, 0.717) is 30.0 Å². The third kappa shape index (κ3) is 3.20. The maximum atomic E-state index is 12.9. The largest absolute Gasteiger partial charge is 0.339 e. The van der Waals surface area contributed by atoms with Crippen molar-refractivity contribution in [3.05, 3.63) is 41.5 Å². The van der Waals surface area contributed by atoms with Crippen molar-refractivity contribution >= 4 is 23.4 Å². The Hall–Kier alpha value is -2.43. The Kier molecular flexibility index (Phi) is 4.62. The zero-order valence-corrected chi connectivity index (χ0v) is 16.0. The van der Waals surface area contributed by atoms with Gasteiger partial charge >= 0.3 is 0 Å². The van der Waals surface area contributed by atoms with Gasteiger partial charge in [-0.3, -0.25) is 19.3 Å². The fourth-order valence-corrected chi connectivity index (χ4v) is 4.46. The van der Waals surface area contributed by atoms with Gasteiger partial charge in [0.15, 0.2) is 0 Å². The predicted molar refractivity (Wildman–Crippen MR) is 103 cm³/mol. The number of anilines is 1. The second-order valence-electron chi connectivity index (χ2n) is 8.24. The molecule has 4 rings (SSSR count). The number of nitrogens with zero attached hydrogens (tertiary/aromatic N) is 2. The van der Waals surface area contributed by atoms with Crippen molar-refractivity contribution in [2.75, 3.05) is 18.0 Å². The summed E-state index contributed by atoms with van der Waals surface area (Å²) in [4.78, 5) is 41.8. The zero-order valence-electron chi connectivity index (χ0n) is 16.0. The smallest absolute Gasteiger partial charge is 0.253 e. The van der Waals surface area contributed by atoms with E-state index in [1.54, 1.807) is 24.3 Å². The van der Waals surface area contributed by atoms with Gasteiger partial charge in [-0.1, -0.05) is 24.6 Å². The van der Waals surface area contributed by atoms with Crippen LogP contribution in [0.5, 0.6) is 0 Å². The van der Waals surface area contributed by atoms with Crippen LogP contribution in [0.2, 0.25) is 0 Å². The first-order chi connectivity index (χ1) is 13.0. The van der Waals surface area contributed by atoms with E-state index in [4.69, 9.17) is 0 Å². The number of amides is 3. The van der Waals surface area contributed by atoms with Gasteiger partial charge in [0.25, 0.3) is 5.91 Å². The number of hydrogen-bond acceptors (Lipinski definition) is 3. The molecule has 5 heteroatoms. The lowest BCUT2D eigenvalue weighted by atomic mass is 9.82. The Morgan fingerprint density at radius 1 is 1.07 bits per heavy atom. The maximum Gasteiger partial charge on any atom is 0.253 e. The fourth-order valence-electron chi connectivity index (χ4n) is 4.46. The van der Waals surface area contributed by atoms with Gasteiger partial charge in [0.1, 0.15) is 0 Å². The van der Waals surface area contributed by atoms with E-state index in [0.717, 1.165) is 25.9 Å². The summed E-state index contributed by atoms with van der Waals surface area (Å²) >= 11 is 0. The maximum absolute atomic E-state index is 12.9. The van der Waals surface area contributed by atoms with Crippen molar-refractivity contribution in [2.24, 2.45) is 17.8 Å². The molecule has 3 aliphatic rings. The molecule has 5 nitrogen and oxygen atoms in total. The molecule has 0 N–H and O–H groups in total. The van der Waals surface area contributed by atoms with Crippen LogP contribution in [0.4, 0.5) is 5.69 Å². The molecule has 2 atom stereocenters. The second-order valence-corrected chi connectivity index (χ2v) is 8.24. The Morgan fingerprint density at radius 3 is 2.52 bits per heavy atom. The van der Waals surface area contributed by atoms with Crippen molar-refractivity contribution in [2.45, 2.75) is 39.5 Å². The minimum Gasteiger partial charge on any atom is -0.339 e. The predicted octanol–water partition coefficient (Wildman–Crippen LogP) is 3.40. The third-order valence-electron chi connectivity index (χ3n) is 6.25. The molecule has 142 valence electrons. The summed E-state index contributed by atoms with van der Waals surface area (Å²) < 4.78 is 0. The van der Waals surface area contributed by atoms with E-state index in [9.17, 15) is 14.4 Å². The summed E-state index contributed by atoms with van der Waals surface area (Å²) in [6, 6.07) is 6.99. The zero-order chi connectivity index (χ0) is 19.1. The topological polar surface area (TPSA) is 57.7 Å². The highest BCUT2D eigenvalue weighted by atomic mass is 16.2. The van der Waals surface area contributed by atoms with Crippen LogP contribution in [-0.4, -0.2) is 35.7 Å². The number of allylic oxidation sites excluding steroid dienone is 2. The van der Waals surface area contributed by atoms with Crippen molar-refractivity contribution in [3.63, 3.8) is 0 Å². The molecular formula is C22H26N2O3. The number of hydrogen-bond donors (Lipinski definition) is 0. The van der Waals surface area contributed by atoms with Gasteiger partial charge in [0.05, 0.1) is 17.5 Å². The summed E-state index contributed by atoms with van der Waals surface area (Å²) in [6.45, 7) is 5.75. The summed E-state index contributed by atoms with van der Waals surface area (Å²) in [5.74, 6) is -0.146. The number of imide groups is 1. The molecule has 0 spiro atoms. The monoisotopic (exact) mass is 366 g/mol. The van der Waals surface area contributed by atoms with Crippen LogP contribution in [0.1, 0.15) is 49.9 Å². The molecule has 3 amide bonds. The highest BCUT2D eigenvalue weighted by molar-refractivity contribution is 6.22. The first kappa shape index (κ1) is 18.0. The van der Waals surface area contributed by atoms with E-state index in [1.165, 1.54) is 10.5 Å². The molecule has 2 fully saturated rings. The lowest BCUT2D eigenvalue weighted by molar-refractivity contribution is -0.122. The van der Waals surface area contributed by atoms with Crippen LogP contribution in [0.15, 0.2) is 35.9 Å². The SMILES string of the molecule is CC1=CC[C@@H]2C(=O)N(c3cccc(C(=O)N4CCC(C)CC4)c3)C(=O)[C@@H]2C1. The molecule has 2 heterocycles. The molecule has 2 aliphatic heterocycles. The molecule has 0 unspecified atom stereocenters. The standard InChI is InChI=1S/C22H26N2O3/c1-14-8-10-23(11-9-14)20(25)16-4-3-5-17(13-16)24-21(26)18-7-6-15(2)12-19(18)22(24)27/h3-6,13-14,18-19H,7-12H2,1-2H3/t18-,19+/m0/s1. The van der Waals surface area contributed by atoms with Gasteiger partial charge < -0.3 is 4.90 Å². The Balaban J connectivity index is 1.57. The first-order valence-electron chi connectivity index (χ1n) is 9.88. The number of rotatable bonds is 2. The number of carbonyl (C=O) groups is 3. The van der Waals surface area contributed by atoms with Gasteiger partial charge in [-0.2, -0.15) is 0 Å². The van der Waals surface area contributed by atoms with E-state index in [2.05, 4.69) is 13.0 Å². The highest BCUT2D eigenvalue weighted by Gasteiger charge is 2.48. The number of likely N-dealkylation sites (tertiary alicyclic amines) is 1. The fraction of sp³-hybridized carbons (Fsp3) is 0.500. The van der Waals surface area contributed by atoms with Crippen molar-refractivity contribution in [3.8, 4) is 0 Å². The highest BCUT2D eigenvalue weighted by Crippen LogP contribution is 2.39. The van der Waals surface area contributed by atoms with Crippen LogP contribution in [0, 0.1) is 17.8 Å². The molecule has 0 aromatic heterocycles. The van der Waals surface area contributed by atoms with Crippen LogP contribution in [0.25, 0.3) is 0 Å². The molecular weight excluding hydrogens is 340 g/mol. The Morgan fingerprint density at radius 2 is 1.78 bits per heavy atom. The minimum atomic E-state index is -0.260. The average molecular weight is 366 g/mol. The average Bonchev–Trinajstić information content (AvgIpc) is 2.92.